The van der Waals surface area contributed by atoms with Crippen LogP contribution in [0.4, 0.5) is 0 Å². The van der Waals surface area contributed by atoms with Crippen molar-refractivity contribution in [2.24, 2.45) is 0 Å². The molecule has 0 rings (SSSR count). The Bertz CT molecular complexity index is 100. The molecule has 0 aromatic rings. The predicted octanol–water partition coefficient (Wildman–Crippen LogP) is -3.34. The van der Waals surface area contributed by atoms with Crippen molar-refractivity contribution in [2.75, 3.05) is 0 Å². The van der Waals surface area contributed by atoms with Crippen LogP contribution in [0.25, 0.3) is 0 Å². The van der Waals surface area contributed by atoms with Gasteiger partial charge in [0, 0.05) is 0 Å². The first-order chi connectivity index (χ1) is 2.00. The zero-order chi connectivity index (χ0) is 4.50. The Morgan fingerprint density at radius 3 is 1.25 bits per heavy atom. The molecule has 0 saturated heterocycles. The molecule has 0 aromatic carbocycles. The van der Waals surface area contributed by atoms with Crippen molar-refractivity contribution in [3.8, 4) is 0 Å². The van der Waals surface area contributed by atoms with Crippen LogP contribution < -0.4 is 35.7 Å². The van der Waals surface area contributed by atoms with E-state index in [0.29, 0.717) is 0 Å². The zero-order valence-corrected chi connectivity index (χ0v) is 7.38. The average Bonchev–Trinajstić information content (AvgIpc) is 0.722. The Balaban J connectivity index is -0.0000000133. The van der Waals surface area contributed by atoms with Crippen LogP contribution >= 0.6 is 0 Å². The molecule has 0 aromatic heterocycles. The molecule has 0 radical (unpaired) electrons. The van der Waals surface area contributed by atoms with E-state index in [1.165, 1.54) is 0 Å². The van der Waals surface area contributed by atoms with Gasteiger partial charge in [0.25, 0.3) is 0 Å². The van der Waals surface area contributed by atoms with Gasteiger partial charge in [-0.1, -0.05) is 0 Å². The standard InChI is InChI=1S/H3N.Na.H2O4S.H2O.H/c;;1-5(2,3)4;;/h1H3;;(H2,1,2,3,4);1H2;/q;+1;;;-1. The van der Waals surface area contributed by atoms with Gasteiger partial charge in [-0.3, -0.25) is 9.11 Å². The largest absolute Gasteiger partial charge is 1.00 e. The minimum absolute atomic E-state index is 0. The van der Waals surface area contributed by atoms with Gasteiger partial charge in [0.2, 0.25) is 0 Å². The zero-order valence-electron chi connectivity index (χ0n) is 5.57. The molecule has 0 aliphatic rings. The summed E-state index contributed by atoms with van der Waals surface area (Å²) in [7, 11) is -4.67. The van der Waals surface area contributed by atoms with Gasteiger partial charge >= 0.3 is 40.0 Å². The summed E-state index contributed by atoms with van der Waals surface area (Å²) in [6.45, 7) is 0. The first kappa shape index (κ1) is 23.2. The predicted molar refractivity (Wildman–Crippen MR) is 23.2 cm³/mol. The quantitative estimate of drug-likeness (QED) is 0.249. The Hall–Kier alpha value is 0.790. The third-order valence-corrected chi connectivity index (χ3v) is 0. The summed E-state index contributed by atoms with van der Waals surface area (Å²) in [5.41, 5.74) is 0. The van der Waals surface area contributed by atoms with Crippen LogP contribution in [0.15, 0.2) is 0 Å². The molecule has 0 unspecified atom stereocenters. The maximum absolute atomic E-state index is 8.74. The Kier molecular flexibility index (Phi) is 22.6. The average molecular weight is 157 g/mol. The fourth-order valence-electron chi connectivity index (χ4n) is 0. The third-order valence-electron chi connectivity index (χ3n) is 0. The second kappa shape index (κ2) is 7.79. The second-order valence-electron chi connectivity index (χ2n) is 0.448. The van der Waals surface area contributed by atoms with Crippen molar-refractivity contribution in [3.05, 3.63) is 0 Å². The maximum Gasteiger partial charge on any atom is 1.00 e. The van der Waals surface area contributed by atoms with Crippen LogP contribution in [0, 0.1) is 0 Å². The van der Waals surface area contributed by atoms with Crippen LogP contribution in [0.2, 0.25) is 0 Å². The normalized spacial score (nSPS) is 7.25. The molecular formula is H8NNaO5S. The second-order valence-corrected chi connectivity index (χ2v) is 1.34. The van der Waals surface area contributed by atoms with Crippen LogP contribution in [-0.2, 0) is 10.4 Å². The first-order valence-corrected chi connectivity index (χ1v) is 2.10. The van der Waals surface area contributed by atoms with Gasteiger partial charge < -0.3 is 13.1 Å². The van der Waals surface area contributed by atoms with Crippen LogP contribution in [0.3, 0.4) is 0 Å². The SMILES string of the molecule is O=S(=O)(O)O.[H-].[NH4+].[Na+].[OH-]. The van der Waals surface area contributed by atoms with Crippen molar-refractivity contribution in [2.45, 2.75) is 0 Å². The van der Waals surface area contributed by atoms with Crippen molar-refractivity contribution in [1.82, 2.24) is 6.15 Å². The summed E-state index contributed by atoms with van der Waals surface area (Å²) in [6.07, 6.45) is 0. The van der Waals surface area contributed by atoms with Gasteiger partial charge in [-0.05, 0) is 0 Å². The molecule has 7 N–H and O–H groups in total. The van der Waals surface area contributed by atoms with E-state index in [4.69, 9.17) is 17.5 Å². The van der Waals surface area contributed by atoms with Gasteiger partial charge in [-0.25, -0.2) is 0 Å². The summed E-state index contributed by atoms with van der Waals surface area (Å²) in [5, 5.41) is 0. The molecule has 8 heteroatoms. The molecule has 8 heavy (non-hydrogen) atoms. The van der Waals surface area contributed by atoms with Crippen LogP contribution in [0.1, 0.15) is 1.43 Å². The van der Waals surface area contributed by atoms with Crippen LogP contribution in [0.5, 0.6) is 0 Å². The first-order valence-electron chi connectivity index (χ1n) is 0.698. The van der Waals surface area contributed by atoms with E-state index in [9.17, 15) is 0 Å². The molecule has 0 atom stereocenters. The Morgan fingerprint density at radius 2 is 1.25 bits per heavy atom. The fourth-order valence-corrected chi connectivity index (χ4v) is 0. The van der Waals surface area contributed by atoms with Gasteiger partial charge in [0.05, 0.1) is 0 Å². The van der Waals surface area contributed by atoms with Crippen molar-refractivity contribution in [1.29, 1.82) is 0 Å². The van der Waals surface area contributed by atoms with E-state index in [2.05, 4.69) is 0 Å². The molecule has 0 aliphatic heterocycles. The molecule has 0 saturated carbocycles. The van der Waals surface area contributed by atoms with Crippen molar-refractivity contribution >= 4 is 10.4 Å². The molecule has 0 aliphatic carbocycles. The summed E-state index contributed by atoms with van der Waals surface area (Å²) < 4.78 is 31.6. The number of hydrogen-bond donors (Lipinski definition) is 3. The minimum atomic E-state index is -4.67. The molecule has 0 spiro atoms. The Morgan fingerprint density at radius 1 is 1.25 bits per heavy atom. The molecule has 0 bridgehead atoms. The molecule has 0 heterocycles. The maximum atomic E-state index is 8.74. The number of hydrogen-bond acceptors (Lipinski definition) is 3. The smallest absolute Gasteiger partial charge is 1.00 e. The summed E-state index contributed by atoms with van der Waals surface area (Å²) >= 11 is 0. The van der Waals surface area contributed by atoms with E-state index < -0.39 is 10.4 Å². The monoisotopic (exact) mass is 157 g/mol. The molecule has 0 fully saturated rings. The van der Waals surface area contributed by atoms with Gasteiger partial charge in [-0.15, -0.1) is 0 Å². The van der Waals surface area contributed by atoms with E-state index >= 15 is 0 Å². The minimum Gasteiger partial charge on any atom is -1.00 e. The topological polar surface area (TPSA) is 141 Å². The fraction of sp³-hybridized carbons (Fsp3) is 0. The number of rotatable bonds is 0. The van der Waals surface area contributed by atoms with E-state index in [-0.39, 0.29) is 42.6 Å². The van der Waals surface area contributed by atoms with E-state index in [1.807, 2.05) is 0 Å². The van der Waals surface area contributed by atoms with Gasteiger partial charge in [-0.2, -0.15) is 8.42 Å². The Labute approximate surface area is 70.5 Å². The molecule has 0 amide bonds. The summed E-state index contributed by atoms with van der Waals surface area (Å²) in [4.78, 5) is 0. The number of quaternary nitrogens is 1. The third kappa shape index (κ3) is 365. The van der Waals surface area contributed by atoms with Crippen LogP contribution in [-0.4, -0.2) is 23.0 Å². The van der Waals surface area contributed by atoms with Crippen molar-refractivity contribution in [3.63, 3.8) is 0 Å². The van der Waals surface area contributed by atoms with Gasteiger partial charge in [0.15, 0.2) is 0 Å². The summed E-state index contributed by atoms with van der Waals surface area (Å²) in [6, 6.07) is 0. The van der Waals surface area contributed by atoms with Crippen molar-refractivity contribution < 1.29 is 54.0 Å². The van der Waals surface area contributed by atoms with Gasteiger partial charge in [0.1, 0.15) is 0 Å². The molecule has 50 valence electrons. The summed E-state index contributed by atoms with van der Waals surface area (Å²) in [5.74, 6) is 0. The molecule has 6 nitrogen and oxygen atoms in total. The molecular weight excluding hydrogens is 149 g/mol. The van der Waals surface area contributed by atoms with E-state index in [1.54, 1.807) is 0 Å². The van der Waals surface area contributed by atoms with E-state index in [0.717, 1.165) is 0 Å².